The summed E-state index contributed by atoms with van der Waals surface area (Å²) in [6.07, 6.45) is 10.3. The highest BCUT2D eigenvalue weighted by Gasteiger charge is 2.52. The molecule has 1 N–H and O–H groups in total. The molecule has 2 fully saturated rings. The Kier molecular flexibility index (Phi) is 2.57. The summed E-state index contributed by atoms with van der Waals surface area (Å²) in [7, 11) is 0. The average molecular weight is 233 g/mol. The minimum absolute atomic E-state index is 0.135. The monoisotopic (exact) mass is 233 g/mol. The second-order valence-corrected chi connectivity index (χ2v) is 6.44. The maximum atomic E-state index is 11.5. The van der Waals surface area contributed by atoms with Crippen LogP contribution in [0.15, 0.2) is 11.6 Å². The van der Waals surface area contributed by atoms with Crippen LogP contribution in [0.5, 0.6) is 0 Å². The summed E-state index contributed by atoms with van der Waals surface area (Å²) in [5.41, 5.74) is 1.89. The van der Waals surface area contributed by atoms with E-state index in [9.17, 15) is 4.79 Å². The average Bonchev–Trinajstić information content (AvgIpc) is 2.84. The van der Waals surface area contributed by atoms with Gasteiger partial charge < -0.3 is 5.32 Å². The van der Waals surface area contributed by atoms with Crippen molar-refractivity contribution in [2.75, 3.05) is 0 Å². The van der Waals surface area contributed by atoms with Crippen LogP contribution >= 0.6 is 0 Å². The molecule has 1 amide bonds. The van der Waals surface area contributed by atoms with E-state index in [1.54, 1.807) is 12.5 Å². The molecule has 17 heavy (non-hydrogen) atoms. The molecular weight excluding hydrogens is 210 g/mol. The molecule has 4 unspecified atom stereocenters. The van der Waals surface area contributed by atoms with Crippen LogP contribution in [0.4, 0.5) is 0 Å². The van der Waals surface area contributed by atoms with Gasteiger partial charge in [-0.15, -0.1) is 0 Å². The van der Waals surface area contributed by atoms with Crippen LogP contribution in [-0.2, 0) is 4.79 Å². The van der Waals surface area contributed by atoms with Crippen LogP contribution in [0, 0.1) is 17.3 Å². The zero-order valence-electron chi connectivity index (χ0n) is 11.0. The van der Waals surface area contributed by atoms with Gasteiger partial charge in [0.15, 0.2) is 0 Å². The third-order valence-corrected chi connectivity index (χ3v) is 5.48. The van der Waals surface area contributed by atoms with Gasteiger partial charge in [0.25, 0.3) is 0 Å². The molecule has 0 bridgehead atoms. The Bertz CT molecular complexity index is 373. The molecule has 4 atom stereocenters. The number of hydrogen-bond acceptors (Lipinski definition) is 1. The van der Waals surface area contributed by atoms with E-state index in [0.29, 0.717) is 11.5 Å². The summed E-state index contributed by atoms with van der Waals surface area (Å²) in [4.78, 5) is 11.5. The molecule has 2 nitrogen and oxygen atoms in total. The van der Waals surface area contributed by atoms with Crippen LogP contribution < -0.4 is 5.32 Å². The van der Waals surface area contributed by atoms with E-state index < -0.39 is 0 Å². The van der Waals surface area contributed by atoms with Gasteiger partial charge in [0.1, 0.15) is 0 Å². The number of rotatable bonds is 1. The van der Waals surface area contributed by atoms with Gasteiger partial charge in [-0.2, -0.15) is 0 Å². The third kappa shape index (κ3) is 1.64. The Morgan fingerprint density at radius 3 is 3.06 bits per heavy atom. The molecule has 3 rings (SSSR count). The predicted octanol–water partition coefficient (Wildman–Crippen LogP) is 3.04. The Balaban J connectivity index is 1.95. The van der Waals surface area contributed by atoms with Gasteiger partial charge in [-0.3, -0.25) is 4.79 Å². The van der Waals surface area contributed by atoms with Gasteiger partial charge in [0.2, 0.25) is 5.91 Å². The molecule has 0 aromatic rings. The van der Waals surface area contributed by atoms with Crippen molar-refractivity contribution in [1.29, 1.82) is 0 Å². The van der Waals surface area contributed by atoms with E-state index >= 15 is 0 Å². The Hall–Kier alpha value is -0.790. The number of carbonyl (C=O) groups excluding carboxylic acids is 1. The summed E-state index contributed by atoms with van der Waals surface area (Å²) < 4.78 is 0. The van der Waals surface area contributed by atoms with Gasteiger partial charge in [0, 0.05) is 6.92 Å². The molecule has 0 radical (unpaired) electrons. The standard InChI is InChI=1S/C15H23NO/c1-10(17)16-14-13-7-3-5-11(13)9-12-6-4-8-15(12,14)2/h7,11-12,14H,3-6,8-9H2,1-2H3,(H,16,17). The molecule has 0 heterocycles. The fraction of sp³-hybridized carbons (Fsp3) is 0.800. The van der Waals surface area contributed by atoms with Crippen molar-refractivity contribution in [3.05, 3.63) is 11.6 Å². The van der Waals surface area contributed by atoms with Gasteiger partial charge in [0.05, 0.1) is 6.04 Å². The molecule has 0 aliphatic heterocycles. The zero-order chi connectivity index (χ0) is 12.0. The van der Waals surface area contributed by atoms with Crippen molar-refractivity contribution in [2.45, 2.75) is 58.4 Å². The largest absolute Gasteiger partial charge is 0.349 e. The smallest absolute Gasteiger partial charge is 0.217 e. The third-order valence-electron chi connectivity index (χ3n) is 5.48. The quantitative estimate of drug-likeness (QED) is 0.693. The van der Waals surface area contributed by atoms with Gasteiger partial charge in [-0.05, 0) is 54.9 Å². The minimum Gasteiger partial charge on any atom is -0.349 e. The lowest BCUT2D eigenvalue weighted by Crippen LogP contribution is -2.52. The van der Waals surface area contributed by atoms with Crippen LogP contribution in [0.1, 0.15) is 52.4 Å². The lowest BCUT2D eigenvalue weighted by Gasteiger charge is -2.47. The highest BCUT2D eigenvalue weighted by Crippen LogP contribution is 2.57. The number of nitrogens with one attached hydrogen (secondary N) is 1. The van der Waals surface area contributed by atoms with E-state index in [1.807, 2.05) is 0 Å². The van der Waals surface area contributed by atoms with Crippen molar-refractivity contribution in [3.63, 3.8) is 0 Å². The van der Waals surface area contributed by atoms with Crippen molar-refractivity contribution in [1.82, 2.24) is 5.32 Å². The number of allylic oxidation sites excluding steroid dienone is 1. The Morgan fingerprint density at radius 1 is 1.47 bits per heavy atom. The zero-order valence-corrected chi connectivity index (χ0v) is 11.0. The first-order chi connectivity index (χ1) is 8.11. The summed E-state index contributed by atoms with van der Waals surface area (Å²) in [6, 6.07) is 0.328. The fourth-order valence-corrected chi connectivity index (χ4v) is 4.60. The summed E-state index contributed by atoms with van der Waals surface area (Å²) >= 11 is 0. The molecule has 2 saturated carbocycles. The van der Waals surface area contributed by atoms with Crippen molar-refractivity contribution in [2.24, 2.45) is 17.3 Å². The molecule has 0 aromatic carbocycles. The van der Waals surface area contributed by atoms with E-state index in [0.717, 1.165) is 11.8 Å². The Labute approximate surface area is 104 Å². The number of fused-ring (bicyclic) bond motifs is 2. The maximum absolute atomic E-state index is 11.5. The normalized spacial score (nSPS) is 43.9. The molecule has 2 heteroatoms. The summed E-state index contributed by atoms with van der Waals surface area (Å²) in [5, 5.41) is 3.26. The fourth-order valence-electron chi connectivity index (χ4n) is 4.60. The second-order valence-electron chi connectivity index (χ2n) is 6.44. The van der Waals surface area contributed by atoms with Gasteiger partial charge in [-0.25, -0.2) is 0 Å². The molecule has 0 aromatic heterocycles. The molecule has 0 saturated heterocycles. The van der Waals surface area contributed by atoms with Crippen molar-refractivity contribution < 1.29 is 4.79 Å². The van der Waals surface area contributed by atoms with E-state index in [2.05, 4.69) is 18.3 Å². The van der Waals surface area contributed by atoms with Crippen LogP contribution in [0.3, 0.4) is 0 Å². The van der Waals surface area contributed by atoms with E-state index in [-0.39, 0.29) is 5.91 Å². The topological polar surface area (TPSA) is 29.1 Å². The lowest BCUT2D eigenvalue weighted by atomic mass is 9.61. The summed E-state index contributed by atoms with van der Waals surface area (Å²) in [6.45, 7) is 4.06. The predicted molar refractivity (Wildman–Crippen MR) is 68.5 cm³/mol. The maximum Gasteiger partial charge on any atom is 0.217 e. The SMILES string of the molecule is CC(=O)NC1C2=CCCC2CC2CCCC21C. The molecule has 3 aliphatic rings. The number of hydrogen-bond donors (Lipinski definition) is 1. The first-order valence-electron chi connectivity index (χ1n) is 7.08. The van der Waals surface area contributed by atoms with Crippen LogP contribution in [-0.4, -0.2) is 11.9 Å². The first-order valence-corrected chi connectivity index (χ1v) is 7.08. The van der Waals surface area contributed by atoms with Crippen molar-refractivity contribution in [3.8, 4) is 0 Å². The highest BCUT2D eigenvalue weighted by atomic mass is 16.1. The second kappa shape index (κ2) is 3.86. The molecule has 0 spiro atoms. The van der Waals surface area contributed by atoms with Crippen LogP contribution in [0.25, 0.3) is 0 Å². The number of carbonyl (C=O) groups is 1. The molecular formula is C15H23NO. The van der Waals surface area contributed by atoms with Gasteiger partial charge in [-0.1, -0.05) is 19.4 Å². The van der Waals surface area contributed by atoms with E-state index in [1.165, 1.54) is 38.5 Å². The van der Waals surface area contributed by atoms with Gasteiger partial charge >= 0.3 is 0 Å². The highest BCUT2D eigenvalue weighted by molar-refractivity contribution is 5.74. The van der Waals surface area contributed by atoms with Crippen molar-refractivity contribution >= 4 is 5.91 Å². The summed E-state index contributed by atoms with van der Waals surface area (Å²) in [5.74, 6) is 1.73. The van der Waals surface area contributed by atoms with E-state index in [4.69, 9.17) is 0 Å². The lowest BCUT2D eigenvalue weighted by molar-refractivity contribution is -0.120. The first kappa shape index (κ1) is 11.3. The Morgan fingerprint density at radius 2 is 2.29 bits per heavy atom. The molecule has 3 aliphatic carbocycles. The van der Waals surface area contributed by atoms with Crippen LogP contribution in [0.2, 0.25) is 0 Å². The number of amides is 1. The molecule has 94 valence electrons. The minimum atomic E-state index is 0.135.